The molecule has 0 aromatic heterocycles. The van der Waals surface area contributed by atoms with Crippen molar-refractivity contribution in [1.29, 1.82) is 0 Å². The summed E-state index contributed by atoms with van der Waals surface area (Å²) in [6.07, 6.45) is 8.72. The van der Waals surface area contributed by atoms with Crippen LogP contribution >= 0.6 is 0 Å². The number of fused-ring (bicyclic) bond motifs is 3. The summed E-state index contributed by atoms with van der Waals surface area (Å²) in [5, 5.41) is 5.04. The number of nitrogens with zero attached hydrogens (tertiary/aromatic N) is 1. The molecular weight excluding hydrogens is 591 g/mol. The number of hydrogen-bond acceptors (Lipinski definition) is 1. The van der Waals surface area contributed by atoms with Crippen molar-refractivity contribution in [2.24, 2.45) is 17.8 Å². The van der Waals surface area contributed by atoms with E-state index in [9.17, 15) is 0 Å². The van der Waals surface area contributed by atoms with Gasteiger partial charge in [-0.05, 0) is 124 Å². The van der Waals surface area contributed by atoms with Gasteiger partial charge in [0.2, 0.25) is 0 Å². The summed E-state index contributed by atoms with van der Waals surface area (Å²) >= 11 is 0. The lowest BCUT2D eigenvalue weighted by Gasteiger charge is -2.57. The molecule has 4 aliphatic carbocycles. The first-order chi connectivity index (χ1) is 24.2. The molecule has 4 aliphatic rings. The summed E-state index contributed by atoms with van der Waals surface area (Å²) in [7, 11) is 0. The fourth-order valence-electron chi connectivity index (χ4n) is 10.4. The van der Waals surface area contributed by atoms with Gasteiger partial charge < -0.3 is 4.90 Å². The molecule has 0 radical (unpaired) electrons. The van der Waals surface area contributed by atoms with Crippen LogP contribution in [0, 0.1) is 17.8 Å². The van der Waals surface area contributed by atoms with Crippen molar-refractivity contribution < 1.29 is 0 Å². The molecule has 0 amide bonds. The molecule has 4 bridgehead atoms. The Morgan fingerprint density at radius 2 is 0.980 bits per heavy atom. The van der Waals surface area contributed by atoms with E-state index in [-0.39, 0.29) is 0 Å². The monoisotopic (exact) mass is 631 g/mol. The minimum absolute atomic E-state index is 0.437. The normalized spacial score (nSPS) is 22.5. The molecule has 49 heavy (non-hydrogen) atoms. The Balaban J connectivity index is 1.08. The van der Waals surface area contributed by atoms with E-state index < -0.39 is 0 Å². The third-order valence-corrected chi connectivity index (χ3v) is 12.2. The van der Waals surface area contributed by atoms with Gasteiger partial charge in [-0.2, -0.15) is 0 Å². The lowest BCUT2D eigenvalue weighted by molar-refractivity contribution is -0.00518. The van der Waals surface area contributed by atoms with Crippen molar-refractivity contribution in [3.63, 3.8) is 0 Å². The summed E-state index contributed by atoms with van der Waals surface area (Å²) in [5.74, 6) is 2.90. The van der Waals surface area contributed by atoms with Crippen LogP contribution in [0.4, 0.5) is 17.1 Å². The lowest BCUT2D eigenvalue weighted by atomic mass is 9.48. The quantitative estimate of drug-likeness (QED) is 0.165. The summed E-state index contributed by atoms with van der Waals surface area (Å²) in [4.78, 5) is 2.47. The molecule has 0 spiro atoms. The number of rotatable bonds is 6. The van der Waals surface area contributed by atoms with E-state index >= 15 is 0 Å². The molecule has 0 aliphatic heterocycles. The molecule has 11 rings (SSSR count). The van der Waals surface area contributed by atoms with Crippen LogP contribution in [0.5, 0.6) is 0 Å². The Morgan fingerprint density at radius 3 is 1.67 bits per heavy atom. The van der Waals surface area contributed by atoms with Crippen LogP contribution in [0.2, 0.25) is 0 Å². The summed E-state index contributed by atoms with van der Waals surface area (Å²) in [5.41, 5.74) is 10.5. The number of anilines is 3. The molecule has 0 atom stereocenters. The van der Waals surface area contributed by atoms with Gasteiger partial charge in [-0.3, -0.25) is 0 Å². The second-order valence-corrected chi connectivity index (χ2v) is 15.2. The highest BCUT2D eigenvalue weighted by molar-refractivity contribution is 6.15. The standard InChI is InChI=1S/C48H41N/c1-2-10-38(11-3-1)43-14-8-9-17-46(43)49(47-29-39-12-4-5-13-42(39)44-15-6-7-16-45(44)47)41-24-20-37(21-25-41)36-18-22-40(23-19-36)48-30-33-26-34(31-48)28-35(27-33)32-48/h1-25,29,33-35H,26-28,30-32H2. The second-order valence-electron chi connectivity index (χ2n) is 15.2. The fraction of sp³-hybridized carbons (Fsp3) is 0.208. The zero-order valence-electron chi connectivity index (χ0n) is 27.9. The molecule has 1 heteroatoms. The number of hydrogen-bond donors (Lipinski definition) is 0. The zero-order valence-corrected chi connectivity index (χ0v) is 27.9. The highest BCUT2D eigenvalue weighted by atomic mass is 15.1. The Morgan fingerprint density at radius 1 is 0.429 bits per heavy atom. The first-order valence-electron chi connectivity index (χ1n) is 18.3. The van der Waals surface area contributed by atoms with Gasteiger partial charge >= 0.3 is 0 Å². The number of para-hydroxylation sites is 1. The third-order valence-electron chi connectivity index (χ3n) is 12.2. The predicted molar refractivity (Wildman–Crippen MR) is 207 cm³/mol. The van der Waals surface area contributed by atoms with Gasteiger partial charge in [0, 0.05) is 16.6 Å². The van der Waals surface area contributed by atoms with E-state index in [2.05, 4.69) is 163 Å². The van der Waals surface area contributed by atoms with E-state index in [4.69, 9.17) is 0 Å². The summed E-state index contributed by atoms with van der Waals surface area (Å²) < 4.78 is 0. The van der Waals surface area contributed by atoms with Crippen LogP contribution in [0.25, 0.3) is 43.8 Å². The van der Waals surface area contributed by atoms with Crippen LogP contribution in [0.1, 0.15) is 44.1 Å². The molecule has 0 N–H and O–H groups in total. The van der Waals surface area contributed by atoms with E-state index in [0.29, 0.717) is 5.41 Å². The second kappa shape index (κ2) is 11.5. The molecule has 7 aromatic carbocycles. The van der Waals surface area contributed by atoms with Crippen molar-refractivity contribution >= 4 is 38.6 Å². The van der Waals surface area contributed by atoms with E-state index in [0.717, 1.165) is 23.4 Å². The SMILES string of the molecule is c1ccc(-c2ccccc2N(c2ccc(-c3ccc(C45CC6CC(CC(C6)C4)C5)cc3)cc2)c2cc3ccccc3c3ccccc23)cc1. The van der Waals surface area contributed by atoms with Gasteiger partial charge in [0.1, 0.15) is 0 Å². The summed E-state index contributed by atoms with van der Waals surface area (Å²) in [6, 6.07) is 58.6. The van der Waals surface area contributed by atoms with Gasteiger partial charge in [0.15, 0.2) is 0 Å². The minimum Gasteiger partial charge on any atom is -0.309 e. The Kier molecular flexibility index (Phi) is 6.76. The van der Waals surface area contributed by atoms with Crippen molar-refractivity contribution in [2.45, 2.75) is 43.9 Å². The Labute approximate surface area is 289 Å². The molecule has 238 valence electrons. The maximum absolute atomic E-state index is 2.47. The van der Waals surface area contributed by atoms with Gasteiger partial charge in [0.25, 0.3) is 0 Å². The van der Waals surface area contributed by atoms with Crippen LogP contribution in [0.15, 0.2) is 158 Å². The minimum atomic E-state index is 0.437. The lowest BCUT2D eigenvalue weighted by Crippen LogP contribution is -2.48. The third kappa shape index (κ3) is 4.90. The zero-order chi connectivity index (χ0) is 32.4. The highest BCUT2D eigenvalue weighted by Gasteiger charge is 2.51. The highest BCUT2D eigenvalue weighted by Crippen LogP contribution is 2.60. The van der Waals surface area contributed by atoms with Crippen LogP contribution in [-0.4, -0.2) is 0 Å². The van der Waals surface area contributed by atoms with Crippen molar-refractivity contribution in [3.8, 4) is 22.3 Å². The van der Waals surface area contributed by atoms with Crippen molar-refractivity contribution in [3.05, 3.63) is 163 Å². The molecule has 0 unspecified atom stereocenters. The maximum Gasteiger partial charge on any atom is 0.0546 e. The van der Waals surface area contributed by atoms with Crippen molar-refractivity contribution in [2.75, 3.05) is 4.90 Å². The number of benzene rings is 7. The molecule has 4 fully saturated rings. The fourth-order valence-corrected chi connectivity index (χ4v) is 10.4. The topological polar surface area (TPSA) is 3.24 Å². The molecule has 4 saturated carbocycles. The first kappa shape index (κ1) is 28.8. The van der Waals surface area contributed by atoms with Gasteiger partial charge in [-0.1, -0.05) is 133 Å². The van der Waals surface area contributed by atoms with Gasteiger partial charge in [0.05, 0.1) is 11.4 Å². The van der Waals surface area contributed by atoms with Crippen LogP contribution in [0.3, 0.4) is 0 Å². The van der Waals surface area contributed by atoms with E-state index in [1.807, 2.05) is 0 Å². The van der Waals surface area contributed by atoms with Crippen molar-refractivity contribution in [1.82, 2.24) is 0 Å². The van der Waals surface area contributed by atoms with Gasteiger partial charge in [-0.25, -0.2) is 0 Å². The molecule has 0 heterocycles. The Hall–Kier alpha value is -5.14. The van der Waals surface area contributed by atoms with Crippen LogP contribution in [-0.2, 0) is 5.41 Å². The largest absolute Gasteiger partial charge is 0.309 e. The van der Waals surface area contributed by atoms with Gasteiger partial charge in [-0.15, -0.1) is 0 Å². The average molecular weight is 632 g/mol. The van der Waals surface area contributed by atoms with Crippen LogP contribution < -0.4 is 4.90 Å². The smallest absolute Gasteiger partial charge is 0.0546 e. The summed E-state index contributed by atoms with van der Waals surface area (Å²) in [6.45, 7) is 0. The molecule has 7 aromatic rings. The maximum atomic E-state index is 2.47. The van der Waals surface area contributed by atoms with E-state index in [1.54, 1.807) is 5.56 Å². The van der Waals surface area contributed by atoms with E-state index in [1.165, 1.54) is 93.7 Å². The predicted octanol–water partition coefficient (Wildman–Crippen LogP) is 13.3. The molecule has 1 nitrogen and oxygen atoms in total. The molecule has 0 saturated heterocycles. The average Bonchev–Trinajstić information content (AvgIpc) is 3.15. The Bertz CT molecular complexity index is 2260. The molecular formula is C48H41N. The first-order valence-corrected chi connectivity index (χ1v) is 18.3.